The number of amides is 1. The van der Waals surface area contributed by atoms with Crippen molar-refractivity contribution < 1.29 is 17.6 Å². The maximum absolute atomic E-state index is 11.9. The van der Waals surface area contributed by atoms with Crippen molar-refractivity contribution in [1.82, 2.24) is 9.62 Å². The molecule has 0 saturated heterocycles. The lowest BCUT2D eigenvalue weighted by atomic mass is 10.1. The van der Waals surface area contributed by atoms with Gasteiger partial charge in [0.05, 0.1) is 0 Å². The Kier molecular flexibility index (Phi) is 4.75. The number of rotatable bonds is 5. The molecule has 0 aliphatic heterocycles. The highest BCUT2D eigenvalue weighted by atomic mass is 32.2. The second-order valence-electron chi connectivity index (χ2n) is 4.91. The molecule has 0 radical (unpaired) electrons. The van der Waals surface area contributed by atoms with E-state index in [0.29, 0.717) is 0 Å². The zero-order chi connectivity index (χ0) is 14.8. The van der Waals surface area contributed by atoms with Crippen LogP contribution in [0, 0.1) is 5.92 Å². The number of carbonyl (C=O) groups is 1. The van der Waals surface area contributed by atoms with E-state index in [1.807, 2.05) is 20.8 Å². The van der Waals surface area contributed by atoms with Gasteiger partial charge in [0.15, 0.2) is 5.76 Å². The van der Waals surface area contributed by atoms with Crippen molar-refractivity contribution in [2.24, 2.45) is 5.92 Å². The lowest BCUT2D eigenvalue weighted by molar-refractivity contribution is 0.0897. The Hall–Kier alpha value is -1.34. The average Bonchev–Trinajstić information content (AvgIpc) is 2.78. The highest BCUT2D eigenvalue weighted by Crippen LogP contribution is 2.17. The van der Waals surface area contributed by atoms with Gasteiger partial charge in [-0.3, -0.25) is 4.79 Å². The second-order valence-corrected chi connectivity index (χ2v) is 7.00. The van der Waals surface area contributed by atoms with Gasteiger partial charge in [0.2, 0.25) is 5.09 Å². The van der Waals surface area contributed by atoms with E-state index in [2.05, 4.69) is 5.32 Å². The number of hydrogen-bond donors (Lipinski definition) is 1. The monoisotopic (exact) mass is 288 g/mol. The summed E-state index contributed by atoms with van der Waals surface area (Å²) >= 11 is 0. The summed E-state index contributed by atoms with van der Waals surface area (Å²) in [6, 6.07) is 2.62. The number of carbonyl (C=O) groups excluding carboxylic acids is 1. The molecule has 6 nitrogen and oxygen atoms in total. The predicted molar refractivity (Wildman–Crippen MR) is 71.3 cm³/mol. The topological polar surface area (TPSA) is 79.6 Å². The van der Waals surface area contributed by atoms with E-state index < -0.39 is 15.9 Å². The maximum Gasteiger partial charge on any atom is 0.287 e. The fourth-order valence-electron chi connectivity index (χ4n) is 1.21. The van der Waals surface area contributed by atoms with E-state index in [1.54, 1.807) is 0 Å². The van der Waals surface area contributed by atoms with E-state index in [-0.39, 0.29) is 22.8 Å². The first-order valence-electron chi connectivity index (χ1n) is 5.99. The molecule has 1 unspecified atom stereocenters. The van der Waals surface area contributed by atoms with E-state index in [0.717, 1.165) is 4.31 Å². The van der Waals surface area contributed by atoms with Crippen molar-refractivity contribution in [3.05, 3.63) is 17.9 Å². The molecule has 19 heavy (non-hydrogen) atoms. The van der Waals surface area contributed by atoms with Gasteiger partial charge in [-0.1, -0.05) is 13.8 Å². The third-order valence-electron chi connectivity index (χ3n) is 2.90. The normalized spacial score (nSPS) is 13.8. The van der Waals surface area contributed by atoms with Crippen LogP contribution in [0.25, 0.3) is 0 Å². The first-order valence-corrected chi connectivity index (χ1v) is 7.43. The van der Waals surface area contributed by atoms with Gasteiger partial charge >= 0.3 is 0 Å². The molecule has 0 fully saturated rings. The van der Waals surface area contributed by atoms with Crippen LogP contribution in [0.1, 0.15) is 31.3 Å². The minimum atomic E-state index is -3.65. The number of hydrogen-bond acceptors (Lipinski definition) is 4. The Bertz CT molecular complexity index is 546. The van der Waals surface area contributed by atoms with Crippen molar-refractivity contribution in [2.75, 3.05) is 14.1 Å². The Morgan fingerprint density at radius 2 is 1.84 bits per heavy atom. The Morgan fingerprint density at radius 3 is 2.32 bits per heavy atom. The van der Waals surface area contributed by atoms with Gasteiger partial charge in [-0.05, 0) is 25.0 Å². The molecular weight excluding hydrogens is 268 g/mol. The summed E-state index contributed by atoms with van der Waals surface area (Å²) in [6.07, 6.45) is 0. The standard InChI is InChI=1S/C12H20N2O4S/c1-8(2)9(3)13-12(15)10-6-7-11(18-10)19(16,17)14(4)5/h6-9H,1-5H3,(H,13,15). The molecule has 7 heteroatoms. The Morgan fingerprint density at radius 1 is 1.26 bits per heavy atom. The summed E-state index contributed by atoms with van der Waals surface area (Å²) in [5, 5.41) is 2.51. The van der Waals surface area contributed by atoms with Crippen LogP contribution in [0.4, 0.5) is 0 Å². The average molecular weight is 288 g/mol. The molecule has 1 heterocycles. The summed E-state index contributed by atoms with van der Waals surface area (Å²) in [4.78, 5) is 11.9. The molecule has 0 aromatic carbocycles. The van der Waals surface area contributed by atoms with Gasteiger partial charge in [-0.15, -0.1) is 0 Å². The molecule has 1 amide bonds. The highest BCUT2D eigenvalue weighted by molar-refractivity contribution is 7.88. The first-order chi connectivity index (χ1) is 8.66. The van der Waals surface area contributed by atoms with Crippen LogP contribution in [0.15, 0.2) is 21.6 Å². The highest BCUT2D eigenvalue weighted by Gasteiger charge is 2.24. The van der Waals surface area contributed by atoms with Crippen molar-refractivity contribution in [1.29, 1.82) is 0 Å². The lowest BCUT2D eigenvalue weighted by Gasteiger charge is -2.16. The van der Waals surface area contributed by atoms with E-state index in [9.17, 15) is 13.2 Å². The summed E-state index contributed by atoms with van der Waals surface area (Å²) < 4.78 is 29.7. The quantitative estimate of drug-likeness (QED) is 0.885. The smallest absolute Gasteiger partial charge is 0.287 e. The third kappa shape index (κ3) is 3.57. The maximum atomic E-state index is 11.9. The number of nitrogens with zero attached hydrogens (tertiary/aromatic N) is 1. The van der Waals surface area contributed by atoms with Crippen molar-refractivity contribution >= 4 is 15.9 Å². The van der Waals surface area contributed by atoms with Crippen molar-refractivity contribution in [3.8, 4) is 0 Å². The minimum absolute atomic E-state index is 0.00655. The number of sulfonamides is 1. The van der Waals surface area contributed by atoms with Gasteiger partial charge in [0, 0.05) is 20.1 Å². The fourth-order valence-corrected chi connectivity index (χ4v) is 2.00. The Balaban J connectivity index is 2.89. The molecular formula is C12H20N2O4S. The molecule has 1 aromatic rings. The first kappa shape index (κ1) is 15.7. The van der Waals surface area contributed by atoms with Gasteiger partial charge in [0.1, 0.15) is 0 Å². The summed E-state index contributed by atoms with van der Waals surface area (Å²) in [5.74, 6) is -0.141. The minimum Gasteiger partial charge on any atom is -0.438 e. The fraction of sp³-hybridized carbons (Fsp3) is 0.583. The molecule has 1 N–H and O–H groups in total. The van der Waals surface area contributed by atoms with Gasteiger partial charge in [-0.2, -0.15) is 0 Å². The summed E-state index contributed by atoms with van der Waals surface area (Å²) in [7, 11) is -0.845. The SMILES string of the molecule is CC(C)C(C)NC(=O)c1ccc(S(=O)(=O)N(C)C)o1. The van der Waals surface area contributed by atoms with Gasteiger partial charge in [0.25, 0.3) is 15.9 Å². The third-order valence-corrected chi connectivity index (χ3v) is 4.59. The van der Waals surface area contributed by atoms with Crippen LogP contribution in [0.3, 0.4) is 0 Å². The number of furan rings is 1. The van der Waals surface area contributed by atoms with Crippen LogP contribution >= 0.6 is 0 Å². The van der Waals surface area contributed by atoms with E-state index >= 15 is 0 Å². The molecule has 1 aromatic heterocycles. The van der Waals surface area contributed by atoms with E-state index in [4.69, 9.17) is 4.42 Å². The van der Waals surface area contributed by atoms with Gasteiger partial charge in [-0.25, -0.2) is 12.7 Å². The number of nitrogens with one attached hydrogen (secondary N) is 1. The van der Waals surface area contributed by atoms with Crippen molar-refractivity contribution in [3.63, 3.8) is 0 Å². The molecule has 0 aliphatic rings. The second kappa shape index (κ2) is 5.75. The summed E-state index contributed by atoms with van der Waals surface area (Å²) in [5.41, 5.74) is 0. The molecule has 0 aliphatic carbocycles. The van der Waals surface area contributed by atoms with Crippen LogP contribution in [-0.4, -0.2) is 38.8 Å². The Labute approximate surface area is 113 Å². The molecule has 0 bridgehead atoms. The van der Waals surface area contributed by atoms with Crippen LogP contribution in [-0.2, 0) is 10.0 Å². The molecule has 0 spiro atoms. The summed E-state index contributed by atoms with van der Waals surface area (Å²) in [6.45, 7) is 5.84. The van der Waals surface area contributed by atoms with Crippen LogP contribution in [0.5, 0.6) is 0 Å². The molecule has 1 rings (SSSR count). The van der Waals surface area contributed by atoms with Crippen LogP contribution in [0.2, 0.25) is 0 Å². The molecule has 1 atom stereocenters. The zero-order valence-corrected chi connectivity index (χ0v) is 12.6. The van der Waals surface area contributed by atoms with Crippen LogP contribution < -0.4 is 5.32 Å². The zero-order valence-electron chi connectivity index (χ0n) is 11.8. The molecule has 0 saturated carbocycles. The van der Waals surface area contributed by atoms with Gasteiger partial charge < -0.3 is 9.73 Å². The molecule has 108 valence electrons. The van der Waals surface area contributed by atoms with Crippen molar-refractivity contribution in [2.45, 2.75) is 31.9 Å². The largest absolute Gasteiger partial charge is 0.438 e. The van der Waals surface area contributed by atoms with E-state index in [1.165, 1.54) is 26.2 Å². The predicted octanol–water partition coefficient (Wildman–Crippen LogP) is 1.30. The lowest BCUT2D eigenvalue weighted by Crippen LogP contribution is -2.35.